The monoisotopic (exact) mass is 403 g/mol. The van der Waals surface area contributed by atoms with Crippen molar-refractivity contribution >= 4 is 23.3 Å². The minimum Gasteiger partial charge on any atom is -0.481 e. The lowest BCUT2D eigenvalue weighted by molar-refractivity contribution is -0.137. The van der Waals surface area contributed by atoms with Crippen molar-refractivity contribution in [3.63, 3.8) is 0 Å². The Balaban J connectivity index is 2.38. The molecule has 2 atom stereocenters. The zero-order chi connectivity index (χ0) is 21.6. The first kappa shape index (κ1) is 23.0. The van der Waals surface area contributed by atoms with Gasteiger partial charge in [0.2, 0.25) is 5.91 Å². The lowest BCUT2D eigenvalue weighted by Gasteiger charge is -2.33. The summed E-state index contributed by atoms with van der Waals surface area (Å²) in [7, 11) is 0. The van der Waals surface area contributed by atoms with E-state index >= 15 is 0 Å². The smallest absolute Gasteiger partial charge is 0.303 e. The van der Waals surface area contributed by atoms with Crippen molar-refractivity contribution in [2.24, 2.45) is 11.8 Å². The zero-order valence-electron chi connectivity index (χ0n) is 18.5. The Morgan fingerprint density at radius 3 is 2.41 bits per heavy atom. The van der Waals surface area contributed by atoms with E-state index in [2.05, 4.69) is 61.4 Å². The summed E-state index contributed by atoms with van der Waals surface area (Å²) in [6.45, 7) is 13.4. The van der Waals surface area contributed by atoms with Crippen LogP contribution in [0.15, 0.2) is 18.2 Å². The van der Waals surface area contributed by atoms with Gasteiger partial charge >= 0.3 is 5.97 Å². The Morgan fingerprint density at radius 2 is 1.86 bits per heavy atom. The fourth-order valence-corrected chi connectivity index (χ4v) is 3.91. The Morgan fingerprint density at radius 1 is 1.21 bits per heavy atom. The van der Waals surface area contributed by atoms with Gasteiger partial charge in [-0.2, -0.15) is 0 Å². The summed E-state index contributed by atoms with van der Waals surface area (Å²) in [6.07, 6.45) is 1.45. The summed E-state index contributed by atoms with van der Waals surface area (Å²) in [5.41, 5.74) is 3.14. The summed E-state index contributed by atoms with van der Waals surface area (Å²) in [6, 6.07) is 6.34. The first-order chi connectivity index (χ1) is 13.7. The van der Waals surface area contributed by atoms with Gasteiger partial charge in [0.1, 0.15) is 0 Å². The van der Waals surface area contributed by atoms with Crippen LogP contribution in [-0.2, 0) is 9.59 Å². The quantitative estimate of drug-likeness (QED) is 0.548. The van der Waals surface area contributed by atoms with Crippen molar-refractivity contribution in [1.29, 1.82) is 0 Å². The number of amides is 1. The van der Waals surface area contributed by atoms with E-state index < -0.39 is 5.97 Å². The number of carbonyl (C=O) groups excluding carboxylic acids is 1. The molecule has 0 saturated carbocycles. The van der Waals surface area contributed by atoms with Gasteiger partial charge < -0.3 is 20.6 Å². The van der Waals surface area contributed by atoms with Gasteiger partial charge in [-0.25, -0.2) is 0 Å². The maximum atomic E-state index is 11.8. The van der Waals surface area contributed by atoms with Crippen LogP contribution in [0.25, 0.3) is 0 Å². The highest BCUT2D eigenvalue weighted by molar-refractivity contribution is 5.79. The Kier molecular flexibility index (Phi) is 8.35. The van der Waals surface area contributed by atoms with Crippen LogP contribution >= 0.6 is 0 Å². The second-order valence-corrected chi connectivity index (χ2v) is 9.15. The predicted octanol–water partition coefficient (Wildman–Crippen LogP) is 4.07. The van der Waals surface area contributed by atoms with E-state index in [1.54, 1.807) is 0 Å². The number of hydrogen-bond acceptors (Lipinski definition) is 4. The number of aliphatic carboxylic acids is 1. The molecule has 1 amide bonds. The third kappa shape index (κ3) is 7.26. The summed E-state index contributed by atoms with van der Waals surface area (Å²) in [4.78, 5) is 25.4. The summed E-state index contributed by atoms with van der Waals surface area (Å²) < 4.78 is 0. The molecule has 6 nitrogen and oxygen atoms in total. The fraction of sp³-hybridized carbons (Fsp3) is 0.652. The Labute approximate surface area is 175 Å². The van der Waals surface area contributed by atoms with Crippen molar-refractivity contribution < 1.29 is 14.7 Å². The van der Waals surface area contributed by atoms with Crippen molar-refractivity contribution in [2.75, 3.05) is 29.9 Å². The topological polar surface area (TPSA) is 81.7 Å². The van der Waals surface area contributed by atoms with E-state index in [4.69, 9.17) is 0 Å². The van der Waals surface area contributed by atoms with Gasteiger partial charge in [-0.05, 0) is 41.9 Å². The van der Waals surface area contributed by atoms with Gasteiger partial charge in [0.25, 0.3) is 0 Å². The third-order valence-electron chi connectivity index (χ3n) is 5.19. The Bertz CT molecular complexity index is 693. The van der Waals surface area contributed by atoms with Gasteiger partial charge in [-0.15, -0.1) is 0 Å². The van der Waals surface area contributed by atoms with E-state index in [-0.39, 0.29) is 24.3 Å². The number of piperidine rings is 1. The molecular weight excluding hydrogens is 366 g/mol. The van der Waals surface area contributed by atoms with E-state index in [0.29, 0.717) is 24.8 Å². The standard InChI is InChI=1S/C23H37N3O3/c1-15(2)13-26(14-16(3)4)21-7-6-18(17(5)10-23(28)29)11-20(21)25-19-8-9-24-22(27)12-19/h6-7,11,15-17,19,25H,8-10,12-14H2,1-5H3,(H,24,27)(H,28,29). The molecule has 3 N–H and O–H groups in total. The van der Waals surface area contributed by atoms with E-state index in [0.717, 1.165) is 36.4 Å². The average Bonchev–Trinajstić information content (AvgIpc) is 2.59. The van der Waals surface area contributed by atoms with E-state index in [1.807, 2.05) is 6.92 Å². The molecule has 29 heavy (non-hydrogen) atoms. The number of hydrogen-bond donors (Lipinski definition) is 3. The molecule has 1 heterocycles. The summed E-state index contributed by atoms with van der Waals surface area (Å²) in [5.74, 6) is 0.258. The van der Waals surface area contributed by atoms with E-state index in [9.17, 15) is 14.7 Å². The van der Waals surface area contributed by atoms with Crippen LogP contribution in [0.4, 0.5) is 11.4 Å². The van der Waals surface area contributed by atoms with Crippen molar-refractivity contribution in [2.45, 2.75) is 65.8 Å². The third-order valence-corrected chi connectivity index (χ3v) is 5.19. The van der Waals surface area contributed by atoms with Crippen molar-refractivity contribution in [1.82, 2.24) is 5.32 Å². The number of rotatable bonds is 10. The van der Waals surface area contributed by atoms with Crippen molar-refractivity contribution in [3.05, 3.63) is 23.8 Å². The summed E-state index contributed by atoms with van der Waals surface area (Å²) in [5, 5.41) is 15.7. The zero-order valence-corrected chi connectivity index (χ0v) is 18.5. The number of carbonyl (C=O) groups is 2. The molecule has 0 spiro atoms. The van der Waals surface area contributed by atoms with Gasteiger partial charge in [0.15, 0.2) is 0 Å². The minimum absolute atomic E-state index is 0.0691. The molecule has 0 aliphatic carbocycles. The highest BCUT2D eigenvalue weighted by atomic mass is 16.4. The average molecular weight is 404 g/mol. The summed E-state index contributed by atoms with van der Waals surface area (Å²) >= 11 is 0. The first-order valence-electron chi connectivity index (χ1n) is 10.8. The molecule has 6 heteroatoms. The second-order valence-electron chi connectivity index (χ2n) is 9.15. The molecule has 1 aromatic carbocycles. The molecule has 1 saturated heterocycles. The van der Waals surface area contributed by atoms with Crippen LogP contribution < -0.4 is 15.5 Å². The van der Waals surface area contributed by atoms with Crippen LogP contribution in [-0.4, -0.2) is 42.7 Å². The number of benzene rings is 1. The molecule has 2 unspecified atom stereocenters. The molecule has 0 bridgehead atoms. The van der Waals surface area contributed by atoms with E-state index in [1.165, 1.54) is 0 Å². The number of nitrogens with one attached hydrogen (secondary N) is 2. The molecule has 1 fully saturated rings. The number of carboxylic acid groups (broad SMARTS) is 1. The van der Waals surface area contributed by atoms with Gasteiger partial charge in [-0.3, -0.25) is 9.59 Å². The maximum Gasteiger partial charge on any atom is 0.303 e. The number of carboxylic acids is 1. The van der Waals surface area contributed by atoms with Crippen LogP contribution in [0.1, 0.15) is 65.4 Å². The largest absolute Gasteiger partial charge is 0.481 e. The SMILES string of the molecule is CC(C)CN(CC(C)C)c1ccc(C(C)CC(=O)O)cc1NC1CCNC(=O)C1. The maximum absolute atomic E-state index is 11.8. The van der Waals surface area contributed by atoms with Gasteiger partial charge in [0, 0.05) is 32.1 Å². The molecule has 162 valence electrons. The second kappa shape index (κ2) is 10.5. The molecule has 2 rings (SSSR count). The minimum atomic E-state index is -0.790. The predicted molar refractivity (Wildman–Crippen MR) is 119 cm³/mol. The normalized spacial score (nSPS) is 17.9. The Hall–Kier alpha value is -2.24. The number of anilines is 2. The number of nitrogens with zero attached hydrogens (tertiary/aromatic N) is 1. The van der Waals surface area contributed by atoms with Crippen molar-refractivity contribution in [3.8, 4) is 0 Å². The highest BCUT2D eigenvalue weighted by Gasteiger charge is 2.22. The molecule has 1 aromatic rings. The van der Waals surface area contributed by atoms with Crippen LogP contribution in [0.5, 0.6) is 0 Å². The lowest BCUT2D eigenvalue weighted by Crippen LogP contribution is -2.40. The molecule has 1 aliphatic rings. The van der Waals surface area contributed by atoms with Crippen LogP contribution in [0.2, 0.25) is 0 Å². The van der Waals surface area contributed by atoms with Crippen LogP contribution in [0.3, 0.4) is 0 Å². The van der Waals surface area contributed by atoms with Crippen LogP contribution in [0, 0.1) is 11.8 Å². The highest BCUT2D eigenvalue weighted by Crippen LogP contribution is 2.33. The molecule has 0 aromatic heterocycles. The molecule has 1 aliphatic heterocycles. The fourth-order valence-electron chi connectivity index (χ4n) is 3.91. The van der Waals surface area contributed by atoms with Gasteiger partial charge in [0.05, 0.1) is 17.8 Å². The first-order valence-corrected chi connectivity index (χ1v) is 10.8. The lowest BCUT2D eigenvalue weighted by atomic mass is 9.95. The van der Waals surface area contributed by atoms with Gasteiger partial charge in [-0.1, -0.05) is 40.7 Å². The molecular formula is C23H37N3O3. The molecule has 0 radical (unpaired) electrons.